The maximum atomic E-state index is 12.8. The smallest absolute Gasteiger partial charge is 0.417 e. The van der Waals surface area contributed by atoms with Gasteiger partial charge in [-0.1, -0.05) is 18.2 Å². The van der Waals surface area contributed by atoms with Crippen molar-refractivity contribution < 1.29 is 22.7 Å². The average Bonchev–Trinajstić information content (AvgIpc) is 2.69. The summed E-state index contributed by atoms with van der Waals surface area (Å²) in [7, 11) is 0. The molecular weight excluding hydrogens is 245 g/mol. The Labute approximate surface area is 102 Å². The van der Waals surface area contributed by atoms with Crippen LogP contribution in [-0.4, -0.2) is 5.11 Å². The third-order valence-corrected chi connectivity index (χ3v) is 2.69. The Bertz CT molecular complexity index is 556. The summed E-state index contributed by atoms with van der Waals surface area (Å²) < 4.78 is 43.8. The van der Waals surface area contributed by atoms with Crippen LogP contribution < -0.4 is 0 Å². The molecule has 0 fully saturated rings. The van der Waals surface area contributed by atoms with Crippen LogP contribution in [0.25, 0.3) is 11.3 Å². The van der Waals surface area contributed by atoms with Gasteiger partial charge in [0, 0.05) is 11.1 Å². The van der Waals surface area contributed by atoms with Crippen molar-refractivity contribution in [1.82, 2.24) is 0 Å². The Balaban J connectivity index is 2.57. The molecule has 0 atom stereocenters. The fourth-order valence-electron chi connectivity index (χ4n) is 1.75. The van der Waals surface area contributed by atoms with Gasteiger partial charge in [0.05, 0.1) is 12.2 Å². The second-order valence-electron chi connectivity index (χ2n) is 3.89. The molecule has 18 heavy (non-hydrogen) atoms. The molecule has 5 heteroatoms. The van der Waals surface area contributed by atoms with E-state index in [0.717, 1.165) is 6.07 Å². The third-order valence-electron chi connectivity index (χ3n) is 2.69. The van der Waals surface area contributed by atoms with Gasteiger partial charge in [-0.15, -0.1) is 0 Å². The van der Waals surface area contributed by atoms with Crippen LogP contribution in [0, 0.1) is 6.92 Å². The summed E-state index contributed by atoms with van der Waals surface area (Å²) in [5.74, 6) is 0.536. The number of hydrogen-bond acceptors (Lipinski definition) is 2. The highest BCUT2D eigenvalue weighted by Gasteiger charge is 2.34. The summed E-state index contributed by atoms with van der Waals surface area (Å²) in [5.41, 5.74) is -0.280. The predicted molar refractivity (Wildman–Crippen MR) is 59.8 cm³/mol. The molecule has 1 heterocycles. The summed E-state index contributed by atoms with van der Waals surface area (Å²) in [6.07, 6.45) is -4.43. The first-order valence-corrected chi connectivity index (χ1v) is 5.30. The third kappa shape index (κ3) is 2.26. The summed E-state index contributed by atoms with van der Waals surface area (Å²) in [5, 5.41) is 9.03. The van der Waals surface area contributed by atoms with Gasteiger partial charge < -0.3 is 9.52 Å². The Kier molecular flexibility index (Phi) is 3.17. The quantitative estimate of drug-likeness (QED) is 0.887. The number of halogens is 3. The molecule has 1 N–H and O–H groups in total. The van der Waals surface area contributed by atoms with Crippen LogP contribution in [0.5, 0.6) is 0 Å². The summed E-state index contributed by atoms with van der Waals surface area (Å²) in [6, 6.07) is 6.63. The number of furan rings is 1. The van der Waals surface area contributed by atoms with Crippen molar-refractivity contribution in [3.63, 3.8) is 0 Å². The first-order valence-electron chi connectivity index (χ1n) is 5.30. The molecule has 0 unspecified atom stereocenters. The fraction of sp³-hybridized carbons (Fsp3) is 0.231. The normalized spacial score (nSPS) is 11.8. The minimum atomic E-state index is -4.43. The lowest BCUT2D eigenvalue weighted by atomic mass is 10.0. The molecular formula is C13H11F3O2. The molecule has 0 saturated carbocycles. The minimum Gasteiger partial charge on any atom is -0.461 e. The van der Waals surface area contributed by atoms with Crippen molar-refractivity contribution in [2.75, 3.05) is 0 Å². The summed E-state index contributed by atoms with van der Waals surface area (Å²) >= 11 is 0. The Hall–Kier alpha value is -1.75. The Morgan fingerprint density at radius 2 is 1.89 bits per heavy atom. The number of aliphatic hydroxyl groups excluding tert-OH is 1. The molecule has 1 aromatic carbocycles. The lowest BCUT2D eigenvalue weighted by Crippen LogP contribution is -2.06. The Morgan fingerprint density at radius 1 is 1.22 bits per heavy atom. The zero-order valence-corrected chi connectivity index (χ0v) is 9.58. The highest BCUT2D eigenvalue weighted by molar-refractivity contribution is 5.64. The Morgan fingerprint density at radius 3 is 2.44 bits per heavy atom. The molecule has 0 saturated heterocycles. The van der Waals surface area contributed by atoms with Crippen molar-refractivity contribution in [3.8, 4) is 11.3 Å². The van der Waals surface area contributed by atoms with E-state index in [2.05, 4.69) is 0 Å². The molecule has 0 aliphatic carbocycles. The van der Waals surface area contributed by atoms with E-state index in [4.69, 9.17) is 9.52 Å². The molecule has 0 radical (unpaired) electrons. The molecule has 0 aliphatic heterocycles. The van der Waals surface area contributed by atoms with E-state index in [9.17, 15) is 13.2 Å². The van der Waals surface area contributed by atoms with Crippen molar-refractivity contribution in [2.24, 2.45) is 0 Å². The lowest BCUT2D eigenvalue weighted by molar-refractivity contribution is -0.137. The SMILES string of the molecule is Cc1oc(-c2ccccc2C(F)(F)F)cc1CO. The van der Waals surface area contributed by atoms with Gasteiger partial charge in [0.15, 0.2) is 0 Å². The van der Waals surface area contributed by atoms with Crippen molar-refractivity contribution in [1.29, 1.82) is 0 Å². The maximum absolute atomic E-state index is 12.8. The number of aliphatic hydroxyl groups is 1. The van der Waals surface area contributed by atoms with Gasteiger partial charge in [0.2, 0.25) is 0 Å². The topological polar surface area (TPSA) is 33.4 Å². The second-order valence-corrected chi connectivity index (χ2v) is 3.89. The summed E-state index contributed by atoms with van der Waals surface area (Å²) in [6.45, 7) is 1.34. The van der Waals surface area contributed by atoms with E-state index < -0.39 is 11.7 Å². The van der Waals surface area contributed by atoms with Gasteiger partial charge in [0.1, 0.15) is 11.5 Å². The average molecular weight is 256 g/mol. The van der Waals surface area contributed by atoms with E-state index in [-0.39, 0.29) is 17.9 Å². The van der Waals surface area contributed by atoms with E-state index in [1.165, 1.54) is 24.3 Å². The van der Waals surface area contributed by atoms with Gasteiger partial charge in [-0.25, -0.2) is 0 Å². The molecule has 96 valence electrons. The highest BCUT2D eigenvalue weighted by Crippen LogP contribution is 2.38. The van der Waals surface area contributed by atoms with Crippen LogP contribution in [0.15, 0.2) is 34.7 Å². The molecule has 0 aliphatic rings. The van der Waals surface area contributed by atoms with Gasteiger partial charge in [0.25, 0.3) is 0 Å². The summed E-state index contributed by atoms with van der Waals surface area (Å²) in [4.78, 5) is 0. The van der Waals surface area contributed by atoms with Crippen molar-refractivity contribution >= 4 is 0 Å². The molecule has 2 rings (SSSR count). The molecule has 2 nitrogen and oxygen atoms in total. The predicted octanol–water partition coefficient (Wildman–Crippen LogP) is 3.77. The van der Waals surface area contributed by atoms with Crippen LogP contribution in [0.2, 0.25) is 0 Å². The van der Waals surface area contributed by atoms with Crippen LogP contribution in [0.4, 0.5) is 13.2 Å². The van der Waals surface area contributed by atoms with Crippen LogP contribution >= 0.6 is 0 Å². The molecule has 2 aromatic rings. The first kappa shape index (κ1) is 12.7. The number of aryl methyl sites for hydroxylation is 1. The van der Waals surface area contributed by atoms with Crippen molar-refractivity contribution in [3.05, 3.63) is 47.2 Å². The fourth-order valence-corrected chi connectivity index (χ4v) is 1.75. The molecule has 0 bridgehead atoms. The van der Waals surface area contributed by atoms with Crippen molar-refractivity contribution in [2.45, 2.75) is 19.7 Å². The molecule has 0 spiro atoms. The molecule has 0 amide bonds. The van der Waals surface area contributed by atoms with Crippen LogP contribution in [0.3, 0.4) is 0 Å². The van der Waals surface area contributed by atoms with Gasteiger partial charge in [-0.2, -0.15) is 13.2 Å². The monoisotopic (exact) mass is 256 g/mol. The molecule has 1 aromatic heterocycles. The van der Waals surface area contributed by atoms with Gasteiger partial charge >= 0.3 is 6.18 Å². The van der Waals surface area contributed by atoms with E-state index in [0.29, 0.717) is 11.3 Å². The highest BCUT2D eigenvalue weighted by atomic mass is 19.4. The van der Waals surface area contributed by atoms with Crippen LogP contribution in [-0.2, 0) is 12.8 Å². The largest absolute Gasteiger partial charge is 0.461 e. The zero-order chi connectivity index (χ0) is 13.3. The maximum Gasteiger partial charge on any atom is 0.417 e. The van der Waals surface area contributed by atoms with Gasteiger partial charge in [-0.3, -0.25) is 0 Å². The first-order chi connectivity index (χ1) is 8.43. The number of hydrogen-bond donors (Lipinski definition) is 1. The number of alkyl halides is 3. The zero-order valence-electron chi connectivity index (χ0n) is 9.58. The standard InChI is InChI=1S/C13H11F3O2/c1-8-9(7-17)6-12(18-8)10-4-2-3-5-11(10)13(14,15)16/h2-6,17H,7H2,1H3. The van der Waals surface area contributed by atoms with E-state index >= 15 is 0 Å². The van der Waals surface area contributed by atoms with Crippen LogP contribution in [0.1, 0.15) is 16.9 Å². The number of benzene rings is 1. The second kappa shape index (κ2) is 4.49. The van der Waals surface area contributed by atoms with Gasteiger partial charge in [-0.05, 0) is 19.1 Å². The lowest BCUT2D eigenvalue weighted by Gasteiger charge is -2.10. The van der Waals surface area contributed by atoms with E-state index in [1.54, 1.807) is 6.92 Å². The number of rotatable bonds is 2. The minimum absolute atomic E-state index is 0.0206. The van der Waals surface area contributed by atoms with E-state index in [1.807, 2.05) is 0 Å².